The lowest BCUT2D eigenvalue weighted by Crippen LogP contribution is -2.46. The van der Waals surface area contributed by atoms with Gasteiger partial charge in [-0.1, -0.05) is 29.5 Å². The van der Waals surface area contributed by atoms with E-state index in [2.05, 4.69) is 49.0 Å². The molecular formula is C15H15N5OS. The third-order valence-electron chi connectivity index (χ3n) is 3.86. The fraction of sp³-hybridized carbons (Fsp3) is 0.267. The predicted octanol–water partition coefficient (Wildman–Crippen LogP) is 1.71. The standard InChI is InChI=1S/C15H15N5OS/c21-14-12-13(16-10-17-14)18-15(22-12)20-8-6-19(7-9-20)11-4-2-1-3-5-11/h1-5,10H,6-9H2,(H,16,17,21). The summed E-state index contributed by atoms with van der Waals surface area (Å²) in [5, 5.41) is 0.881. The normalized spacial score (nSPS) is 15.5. The summed E-state index contributed by atoms with van der Waals surface area (Å²) in [7, 11) is 0. The number of anilines is 2. The van der Waals surface area contributed by atoms with Crippen molar-refractivity contribution in [2.24, 2.45) is 0 Å². The molecule has 0 bridgehead atoms. The van der Waals surface area contributed by atoms with E-state index in [0.29, 0.717) is 10.3 Å². The first kappa shape index (κ1) is 13.3. The monoisotopic (exact) mass is 313 g/mol. The molecule has 0 radical (unpaired) electrons. The van der Waals surface area contributed by atoms with Gasteiger partial charge in [0.1, 0.15) is 4.70 Å². The number of H-pyrrole nitrogens is 1. The van der Waals surface area contributed by atoms with Crippen LogP contribution in [0.15, 0.2) is 41.5 Å². The fourth-order valence-corrected chi connectivity index (χ4v) is 3.65. The van der Waals surface area contributed by atoms with Crippen molar-refractivity contribution in [2.75, 3.05) is 36.0 Å². The Kier molecular flexibility index (Phi) is 3.27. The van der Waals surface area contributed by atoms with Gasteiger partial charge in [0.15, 0.2) is 10.8 Å². The van der Waals surface area contributed by atoms with E-state index >= 15 is 0 Å². The highest BCUT2D eigenvalue weighted by Crippen LogP contribution is 2.26. The van der Waals surface area contributed by atoms with Crippen molar-refractivity contribution < 1.29 is 0 Å². The van der Waals surface area contributed by atoms with Gasteiger partial charge in [-0.15, -0.1) is 0 Å². The average Bonchev–Trinajstić information content (AvgIpc) is 3.02. The Morgan fingerprint density at radius 3 is 2.50 bits per heavy atom. The van der Waals surface area contributed by atoms with Crippen LogP contribution in [0.2, 0.25) is 0 Å². The van der Waals surface area contributed by atoms with Crippen LogP contribution in [-0.2, 0) is 0 Å². The van der Waals surface area contributed by atoms with Crippen LogP contribution in [0.3, 0.4) is 0 Å². The van der Waals surface area contributed by atoms with Crippen LogP contribution in [0.5, 0.6) is 0 Å². The van der Waals surface area contributed by atoms with E-state index in [1.807, 2.05) is 6.07 Å². The van der Waals surface area contributed by atoms with E-state index in [-0.39, 0.29) is 5.56 Å². The fourth-order valence-electron chi connectivity index (χ4n) is 2.68. The number of para-hydroxylation sites is 1. The number of rotatable bonds is 2. The largest absolute Gasteiger partial charge is 0.368 e. The van der Waals surface area contributed by atoms with E-state index in [4.69, 9.17) is 0 Å². The first-order chi connectivity index (χ1) is 10.8. The number of hydrogen-bond acceptors (Lipinski definition) is 6. The molecule has 1 saturated heterocycles. The van der Waals surface area contributed by atoms with Gasteiger partial charge in [-0.25, -0.2) is 4.98 Å². The molecule has 0 unspecified atom stereocenters. The van der Waals surface area contributed by atoms with Gasteiger partial charge in [-0.2, -0.15) is 4.98 Å². The van der Waals surface area contributed by atoms with Crippen LogP contribution in [0.4, 0.5) is 10.8 Å². The van der Waals surface area contributed by atoms with Crippen molar-refractivity contribution in [1.29, 1.82) is 0 Å². The maximum absolute atomic E-state index is 11.8. The van der Waals surface area contributed by atoms with Gasteiger partial charge in [0.25, 0.3) is 5.56 Å². The first-order valence-corrected chi connectivity index (χ1v) is 8.02. The minimum atomic E-state index is -0.114. The van der Waals surface area contributed by atoms with Crippen LogP contribution in [0.25, 0.3) is 10.3 Å². The molecule has 1 N–H and O–H groups in total. The highest BCUT2D eigenvalue weighted by atomic mass is 32.1. The Morgan fingerprint density at radius 1 is 1.05 bits per heavy atom. The van der Waals surface area contributed by atoms with Crippen molar-refractivity contribution >= 4 is 32.5 Å². The molecular weight excluding hydrogens is 298 g/mol. The number of aromatic amines is 1. The highest BCUT2D eigenvalue weighted by molar-refractivity contribution is 7.22. The molecule has 112 valence electrons. The van der Waals surface area contributed by atoms with Gasteiger partial charge in [-0.3, -0.25) is 4.79 Å². The van der Waals surface area contributed by atoms with E-state index in [1.54, 1.807) is 0 Å². The molecule has 1 fully saturated rings. The van der Waals surface area contributed by atoms with Gasteiger partial charge >= 0.3 is 0 Å². The van der Waals surface area contributed by atoms with Crippen molar-refractivity contribution in [3.8, 4) is 0 Å². The minimum Gasteiger partial charge on any atom is -0.368 e. The van der Waals surface area contributed by atoms with Crippen LogP contribution >= 0.6 is 11.3 Å². The molecule has 0 amide bonds. The summed E-state index contributed by atoms with van der Waals surface area (Å²) >= 11 is 1.42. The van der Waals surface area contributed by atoms with Gasteiger partial charge in [0, 0.05) is 31.9 Å². The number of nitrogens with zero attached hydrogens (tertiary/aromatic N) is 4. The van der Waals surface area contributed by atoms with Crippen molar-refractivity contribution in [3.63, 3.8) is 0 Å². The lowest BCUT2D eigenvalue weighted by Gasteiger charge is -2.35. The van der Waals surface area contributed by atoms with Crippen LogP contribution in [0.1, 0.15) is 0 Å². The SMILES string of the molecule is O=c1[nH]cnc2nc(N3CCN(c4ccccc4)CC3)sc12. The topological polar surface area (TPSA) is 65.1 Å². The Morgan fingerprint density at radius 2 is 1.77 bits per heavy atom. The number of piperazine rings is 1. The van der Waals surface area contributed by atoms with Crippen LogP contribution in [-0.4, -0.2) is 41.1 Å². The van der Waals surface area contributed by atoms with Crippen molar-refractivity contribution in [1.82, 2.24) is 15.0 Å². The maximum Gasteiger partial charge on any atom is 0.270 e. The summed E-state index contributed by atoms with van der Waals surface area (Å²) in [6.07, 6.45) is 1.40. The van der Waals surface area contributed by atoms with Gasteiger partial charge in [0.2, 0.25) is 0 Å². The van der Waals surface area contributed by atoms with E-state index in [1.165, 1.54) is 23.4 Å². The molecule has 1 aliphatic rings. The number of aromatic nitrogens is 3. The Bertz CT molecular complexity index is 836. The second-order valence-corrected chi connectivity index (χ2v) is 6.17. The summed E-state index contributed by atoms with van der Waals surface area (Å²) in [5.41, 5.74) is 1.68. The first-order valence-electron chi connectivity index (χ1n) is 7.20. The number of benzene rings is 1. The van der Waals surface area contributed by atoms with Crippen molar-refractivity contribution in [2.45, 2.75) is 0 Å². The lowest BCUT2D eigenvalue weighted by molar-refractivity contribution is 0.652. The Hall–Kier alpha value is -2.41. The van der Waals surface area contributed by atoms with Crippen LogP contribution < -0.4 is 15.4 Å². The van der Waals surface area contributed by atoms with Crippen LogP contribution in [0, 0.1) is 0 Å². The number of fused-ring (bicyclic) bond motifs is 1. The van der Waals surface area contributed by atoms with Gasteiger partial charge in [0.05, 0.1) is 6.33 Å². The summed E-state index contributed by atoms with van der Waals surface area (Å²) in [6.45, 7) is 3.69. The summed E-state index contributed by atoms with van der Waals surface area (Å²) in [6, 6.07) is 10.4. The van der Waals surface area contributed by atoms with E-state index in [0.717, 1.165) is 31.3 Å². The molecule has 2 aromatic heterocycles. The Balaban J connectivity index is 1.53. The summed E-state index contributed by atoms with van der Waals surface area (Å²) in [4.78, 5) is 27.6. The smallest absolute Gasteiger partial charge is 0.270 e. The predicted molar refractivity (Wildman–Crippen MR) is 88.9 cm³/mol. The molecule has 1 aliphatic heterocycles. The molecule has 0 aliphatic carbocycles. The number of thiazole rings is 1. The number of nitrogens with one attached hydrogen (secondary N) is 1. The zero-order valence-electron chi connectivity index (χ0n) is 11.9. The molecule has 6 nitrogen and oxygen atoms in total. The third-order valence-corrected chi connectivity index (χ3v) is 4.96. The van der Waals surface area contributed by atoms with E-state index in [9.17, 15) is 4.79 Å². The molecule has 3 aromatic rings. The number of hydrogen-bond donors (Lipinski definition) is 1. The maximum atomic E-state index is 11.8. The minimum absolute atomic E-state index is 0.114. The third kappa shape index (κ3) is 2.33. The molecule has 7 heteroatoms. The van der Waals surface area contributed by atoms with E-state index < -0.39 is 0 Å². The lowest BCUT2D eigenvalue weighted by atomic mass is 10.2. The molecule has 22 heavy (non-hydrogen) atoms. The molecule has 0 spiro atoms. The van der Waals surface area contributed by atoms with Crippen molar-refractivity contribution in [3.05, 3.63) is 47.0 Å². The molecule has 1 aromatic carbocycles. The quantitative estimate of drug-likeness (QED) is 0.780. The summed E-state index contributed by atoms with van der Waals surface area (Å²) < 4.78 is 0.600. The van der Waals surface area contributed by atoms with Gasteiger partial charge in [-0.05, 0) is 12.1 Å². The zero-order chi connectivity index (χ0) is 14.9. The highest BCUT2D eigenvalue weighted by Gasteiger charge is 2.20. The molecule has 0 atom stereocenters. The molecule has 4 rings (SSSR count). The second kappa shape index (κ2) is 5.42. The zero-order valence-corrected chi connectivity index (χ0v) is 12.7. The second-order valence-electron chi connectivity index (χ2n) is 5.19. The average molecular weight is 313 g/mol. The molecule has 0 saturated carbocycles. The Labute approximate surface area is 131 Å². The van der Waals surface area contributed by atoms with Gasteiger partial charge < -0.3 is 14.8 Å². The molecule has 3 heterocycles. The summed E-state index contributed by atoms with van der Waals surface area (Å²) in [5.74, 6) is 0.